The molecule has 0 radical (unpaired) electrons. The van der Waals surface area contributed by atoms with Gasteiger partial charge in [-0.05, 0) is 56.4 Å². The molecular weight excluding hydrogens is 228 g/mol. The summed E-state index contributed by atoms with van der Waals surface area (Å²) in [6.07, 6.45) is 5.11. The van der Waals surface area contributed by atoms with E-state index in [1.165, 1.54) is 0 Å². The monoisotopic (exact) mass is 252 g/mol. The Morgan fingerprint density at radius 2 is 2.22 bits per heavy atom. The number of allylic oxidation sites excluding steroid dienone is 2. The number of carbonyl (C=O) groups excluding carboxylic acids is 1. The van der Waals surface area contributed by atoms with Crippen LogP contribution < -0.4 is 0 Å². The molecule has 0 aromatic heterocycles. The van der Waals surface area contributed by atoms with Crippen LogP contribution in [0.2, 0.25) is 0 Å². The van der Waals surface area contributed by atoms with Crippen LogP contribution in [0.5, 0.6) is 0 Å². The van der Waals surface area contributed by atoms with Gasteiger partial charge in [0.1, 0.15) is 0 Å². The van der Waals surface area contributed by atoms with E-state index in [0.717, 1.165) is 24.8 Å². The number of aliphatic hydroxyl groups excluding tert-OH is 1. The molecule has 2 unspecified atom stereocenters. The zero-order chi connectivity index (χ0) is 13.6. The van der Waals surface area contributed by atoms with E-state index < -0.39 is 5.60 Å². The van der Waals surface area contributed by atoms with Gasteiger partial charge in [-0.3, -0.25) is 4.79 Å². The molecule has 0 aliphatic heterocycles. The number of fused-ring (bicyclic) bond motifs is 1. The number of hydrogen-bond acceptors (Lipinski definition) is 3. The van der Waals surface area contributed by atoms with E-state index in [1.54, 1.807) is 13.0 Å². The Labute approximate surface area is 109 Å². The summed E-state index contributed by atoms with van der Waals surface area (Å²) in [6.45, 7) is 5.74. The Balaban J connectivity index is 2.23. The number of aliphatic hydroxyl groups is 2. The Kier molecular flexibility index (Phi) is 3.41. The molecule has 2 aliphatic carbocycles. The van der Waals surface area contributed by atoms with Crippen molar-refractivity contribution in [3.05, 3.63) is 11.6 Å². The van der Waals surface area contributed by atoms with Gasteiger partial charge in [-0.1, -0.05) is 12.5 Å². The minimum atomic E-state index is -0.997. The van der Waals surface area contributed by atoms with Crippen LogP contribution in [0.15, 0.2) is 11.6 Å². The molecule has 0 aromatic rings. The fourth-order valence-corrected chi connectivity index (χ4v) is 3.81. The number of ketones is 1. The average molecular weight is 252 g/mol. The molecule has 4 atom stereocenters. The van der Waals surface area contributed by atoms with Crippen LogP contribution in [-0.4, -0.2) is 28.2 Å². The van der Waals surface area contributed by atoms with Gasteiger partial charge in [-0.25, -0.2) is 0 Å². The zero-order valence-electron chi connectivity index (χ0n) is 11.6. The van der Waals surface area contributed by atoms with Crippen LogP contribution in [0.3, 0.4) is 0 Å². The lowest BCUT2D eigenvalue weighted by atomic mass is 9.56. The van der Waals surface area contributed by atoms with E-state index in [2.05, 4.69) is 6.92 Å². The lowest BCUT2D eigenvalue weighted by Gasteiger charge is -2.49. The minimum Gasteiger partial charge on any atom is -0.393 e. The normalized spacial score (nSPS) is 39.8. The first-order valence-corrected chi connectivity index (χ1v) is 6.83. The molecule has 1 fully saturated rings. The molecule has 3 heteroatoms. The van der Waals surface area contributed by atoms with Gasteiger partial charge in [0.25, 0.3) is 0 Å². The molecule has 1 saturated carbocycles. The summed E-state index contributed by atoms with van der Waals surface area (Å²) in [5.41, 5.74) is 0.202. The Bertz CT molecular complexity index is 383. The van der Waals surface area contributed by atoms with E-state index in [-0.39, 0.29) is 23.7 Å². The van der Waals surface area contributed by atoms with Crippen molar-refractivity contribution in [1.82, 2.24) is 0 Å². The van der Waals surface area contributed by atoms with Crippen LogP contribution in [0.1, 0.15) is 46.5 Å². The summed E-state index contributed by atoms with van der Waals surface area (Å²) in [6, 6.07) is 0. The number of carbonyl (C=O) groups is 1. The van der Waals surface area contributed by atoms with Gasteiger partial charge in [-0.15, -0.1) is 0 Å². The van der Waals surface area contributed by atoms with Crippen molar-refractivity contribution in [3.63, 3.8) is 0 Å². The van der Waals surface area contributed by atoms with Crippen molar-refractivity contribution in [2.24, 2.45) is 17.3 Å². The van der Waals surface area contributed by atoms with Gasteiger partial charge < -0.3 is 10.2 Å². The molecule has 0 amide bonds. The third kappa shape index (κ3) is 2.26. The average Bonchev–Trinajstić information content (AvgIpc) is 2.27. The van der Waals surface area contributed by atoms with E-state index in [9.17, 15) is 15.0 Å². The lowest BCUT2D eigenvalue weighted by molar-refractivity contribution is -0.121. The van der Waals surface area contributed by atoms with Crippen molar-refractivity contribution in [2.75, 3.05) is 6.61 Å². The van der Waals surface area contributed by atoms with Gasteiger partial charge in [-0.2, -0.15) is 0 Å². The van der Waals surface area contributed by atoms with Crippen molar-refractivity contribution in [2.45, 2.75) is 52.1 Å². The number of rotatable bonds is 2. The third-order valence-electron chi connectivity index (χ3n) is 5.14. The predicted octanol–water partition coefficient (Wildman–Crippen LogP) is 2.07. The highest BCUT2D eigenvalue weighted by molar-refractivity contribution is 5.92. The quantitative estimate of drug-likeness (QED) is 0.791. The number of hydrogen-bond donors (Lipinski definition) is 2. The van der Waals surface area contributed by atoms with E-state index >= 15 is 0 Å². The molecule has 0 saturated heterocycles. The van der Waals surface area contributed by atoms with E-state index in [4.69, 9.17) is 0 Å². The second-order valence-corrected chi connectivity index (χ2v) is 6.72. The molecule has 0 heterocycles. The molecule has 0 spiro atoms. The Morgan fingerprint density at radius 1 is 1.56 bits per heavy atom. The first-order chi connectivity index (χ1) is 8.28. The van der Waals surface area contributed by atoms with Crippen molar-refractivity contribution < 1.29 is 15.0 Å². The highest BCUT2D eigenvalue weighted by atomic mass is 16.3. The first-order valence-electron chi connectivity index (χ1n) is 6.83. The maximum atomic E-state index is 11.7. The second kappa shape index (κ2) is 4.46. The summed E-state index contributed by atoms with van der Waals surface area (Å²) in [5, 5.41) is 19.5. The second-order valence-electron chi connectivity index (χ2n) is 6.72. The fraction of sp³-hybridized carbons (Fsp3) is 0.800. The lowest BCUT2D eigenvalue weighted by Crippen LogP contribution is -2.47. The molecule has 2 aliphatic rings. The Morgan fingerprint density at radius 3 is 2.83 bits per heavy atom. The maximum Gasteiger partial charge on any atom is 0.156 e. The molecule has 3 nitrogen and oxygen atoms in total. The highest BCUT2D eigenvalue weighted by Crippen LogP contribution is 2.52. The van der Waals surface area contributed by atoms with Crippen LogP contribution >= 0.6 is 0 Å². The molecule has 2 rings (SSSR count). The topological polar surface area (TPSA) is 57.5 Å². The van der Waals surface area contributed by atoms with Crippen molar-refractivity contribution in [3.8, 4) is 0 Å². The summed E-state index contributed by atoms with van der Waals surface area (Å²) in [5.74, 6) is 0.725. The van der Waals surface area contributed by atoms with Crippen LogP contribution in [-0.2, 0) is 4.79 Å². The van der Waals surface area contributed by atoms with Crippen LogP contribution in [0.4, 0.5) is 0 Å². The van der Waals surface area contributed by atoms with E-state index in [0.29, 0.717) is 12.3 Å². The van der Waals surface area contributed by atoms with Crippen molar-refractivity contribution >= 4 is 5.78 Å². The minimum absolute atomic E-state index is 0.0535. The summed E-state index contributed by atoms with van der Waals surface area (Å²) >= 11 is 0. The van der Waals surface area contributed by atoms with Crippen LogP contribution in [0.25, 0.3) is 0 Å². The smallest absolute Gasteiger partial charge is 0.156 e. The van der Waals surface area contributed by atoms with Gasteiger partial charge in [0, 0.05) is 6.42 Å². The summed E-state index contributed by atoms with van der Waals surface area (Å²) in [4.78, 5) is 11.7. The predicted molar refractivity (Wildman–Crippen MR) is 70.0 cm³/mol. The third-order valence-corrected chi connectivity index (χ3v) is 5.14. The molecule has 0 aromatic carbocycles. The summed E-state index contributed by atoms with van der Waals surface area (Å²) in [7, 11) is 0. The standard InChI is InChI=1S/C15H24O3/c1-10-6-12(17)8-14(2)5-4-11(7-13(10)14)15(3,18)9-16/h6,11,13,16,18H,4-5,7-9H2,1-3H3/t11?,13-,14-,15?/m0/s1. The maximum absolute atomic E-state index is 11.7. The molecule has 18 heavy (non-hydrogen) atoms. The van der Waals surface area contributed by atoms with Gasteiger partial charge in [0.05, 0.1) is 12.2 Å². The fourth-order valence-electron chi connectivity index (χ4n) is 3.81. The summed E-state index contributed by atoms with van der Waals surface area (Å²) < 4.78 is 0. The zero-order valence-corrected chi connectivity index (χ0v) is 11.6. The Hall–Kier alpha value is -0.670. The largest absolute Gasteiger partial charge is 0.393 e. The van der Waals surface area contributed by atoms with E-state index in [1.807, 2.05) is 6.92 Å². The molecule has 2 N–H and O–H groups in total. The highest BCUT2D eigenvalue weighted by Gasteiger charge is 2.47. The van der Waals surface area contributed by atoms with Crippen molar-refractivity contribution in [1.29, 1.82) is 0 Å². The van der Waals surface area contributed by atoms with Gasteiger partial charge in [0.2, 0.25) is 0 Å². The van der Waals surface area contributed by atoms with Gasteiger partial charge in [0.15, 0.2) is 5.78 Å². The molecular formula is C15H24O3. The first kappa shape index (κ1) is 13.8. The van der Waals surface area contributed by atoms with Crippen LogP contribution in [0, 0.1) is 17.3 Å². The SMILES string of the molecule is CC1=CC(=O)C[C@]2(C)CCC(C(C)(O)CO)C[C@@H]12. The van der Waals surface area contributed by atoms with Gasteiger partial charge >= 0.3 is 0 Å². The molecule has 0 bridgehead atoms. The molecule has 102 valence electrons.